The number of alkyl halides is 5. The van der Waals surface area contributed by atoms with Crippen LogP contribution in [-0.4, -0.2) is 96.2 Å². The second-order valence-electron chi connectivity index (χ2n) is 12.2. The van der Waals surface area contributed by atoms with Gasteiger partial charge < -0.3 is 24.6 Å². The summed E-state index contributed by atoms with van der Waals surface area (Å²) >= 11 is 0. The van der Waals surface area contributed by atoms with Gasteiger partial charge >= 0.3 is 24.2 Å². The molecule has 1 N–H and O–H groups in total. The quantitative estimate of drug-likeness (QED) is 0.295. The standard InChI is InChI=1S/C30H34F5N5O7/c1-16(2)47-27(45)46-15-40-21-8-6-5-7-20(21)28(26(40)44)12-19(13-36)39(14-28)24(42)22(11-18-9-10-18)38(4)23(41)17(3)37-25(43)29(31,32)30(33,34)35/h5-8,16-19,22H,9-12,14-15H2,1-4H3,(H,37,43)/t17-,19-,22-,28-/m0/s1. The van der Waals surface area contributed by atoms with Crippen molar-refractivity contribution in [3.05, 3.63) is 29.8 Å². The van der Waals surface area contributed by atoms with Gasteiger partial charge in [0.2, 0.25) is 17.7 Å². The molecule has 0 aromatic heterocycles. The lowest BCUT2D eigenvalue weighted by Crippen LogP contribution is -2.58. The predicted octanol–water partition coefficient (Wildman–Crippen LogP) is 3.24. The maximum atomic E-state index is 14.1. The number of carbonyl (C=O) groups excluding carboxylic acids is 5. The molecule has 3 aliphatic rings. The highest BCUT2D eigenvalue weighted by molar-refractivity contribution is 6.09. The van der Waals surface area contributed by atoms with Crippen LogP contribution < -0.4 is 10.2 Å². The number of nitriles is 1. The number of hydrogen-bond acceptors (Lipinski definition) is 8. The van der Waals surface area contributed by atoms with Crippen molar-refractivity contribution < 1.29 is 55.4 Å². The zero-order chi connectivity index (χ0) is 35.1. The molecule has 4 rings (SSSR count). The van der Waals surface area contributed by atoms with Crippen molar-refractivity contribution in [3.63, 3.8) is 0 Å². The number of halogens is 5. The van der Waals surface area contributed by atoms with E-state index in [9.17, 15) is 51.2 Å². The second kappa shape index (κ2) is 13.0. The van der Waals surface area contributed by atoms with Crippen molar-refractivity contribution >= 4 is 35.5 Å². The van der Waals surface area contributed by atoms with Gasteiger partial charge in [0, 0.05) is 20.0 Å². The first-order chi connectivity index (χ1) is 21.9. The maximum absolute atomic E-state index is 14.1. The molecular weight excluding hydrogens is 637 g/mol. The number of likely N-dealkylation sites (N-methyl/N-ethyl adjacent to an activating group) is 1. The minimum absolute atomic E-state index is 0.0113. The van der Waals surface area contributed by atoms with Crippen molar-refractivity contribution in [2.75, 3.05) is 25.2 Å². The van der Waals surface area contributed by atoms with E-state index < -0.39 is 78.3 Å². The normalized spacial score (nSPS) is 22.1. The number of amides is 4. The molecular formula is C30H34F5N5O7. The van der Waals surface area contributed by atoms with Crippen LogP contribution in [0.1, 0.15) is 52.0 Å². The topological polar surface area (TPSA) is 149 Å². The SMILES string of the molecule is CC(C)OC(=O)OCN1C(=O)[C@]2(C[C@@H](C#N)N(C(=O)[C@H](CC3CC3)N(C)C(=O)[C@H](C)NC(=O)C(F)(F)C(F)(F)F)C2)c2ccccc21. The molecule has 1 saturated carbocycles. The van der Waals surface area contributed by atoms with Crippen LogP contribution in [0.5, 0.6) is 0 Å². The molecule has 1 spiro atoms. The summed E-state index contributed by atoms with van der Waals surface area (Å²) in [5.41, 5.74) is -0.552. The lowest BCUT2D eigenvalue weighted by Gasteiger charge is -2.34. The van der Waals surface area contributed by atoms with Crippen LogP contribution in [0, 0.1) is 17.2 Å². The molecule has 0 radical (unpaired) electrons. The summed E-state index contributed by atoms with van der Waals surface area (Å²) < 4.78 is 75.2. The summed E-state index contributed by atoms with van der Waals surface area (Å²) in [6.07, 6.45) is -6.30. The van der Waals surface area contributed by atoms with E-state index in [-0.39, 0.29) is 25.3 Å². The largest absolute Gasteiger partial charge is 0.510 e. The lowest BCUT2D eigenvalue weighted by atomic mass is 9.79. The molecule has 2 fully saturated rings. The second-order valence-corrected chi connectivity index (χ2v) is 12.2. The number of likely N-dealkylation sites (tertiary alicyclic amines) is 1. The van der Waals surface area contributed by atoms with Gasteiger partial charge in [-0.05, 0) is 44.7 Å². The Morgan fingerprint density at radius 2 is 1.77 bits per heavy atom. The van der Waals surface area contributed by atoms with Gasteiger partial charge in [0.1, 0.15) is 18.1 Å². The van der Waals surface area contributed by atoms with Gasteiger partial charge in [0.15, 0.2) is 6.73 Å². The molecule has 1 aromatic carbocycles. The van der Waals surface area contributed by atoms with Gasteiger partial charge in [-0.25, -0.2) is 4.79 Å². The highest BCUT2D eigenvalue weighted by atomic mass is 19.4. The maximum Gasteiger partial charge on any atom is 0.510 e. The van der Waals surface area contributed by atoms with Crippen LogP contribution in [0.3, 0.4) is 0 Å². The van der Waals surface area contributed by atoms with Gasteiger partial charge in [-0.15, -0.1) is 0 Å². The molecule has 1 saturated heterocycles. The fraction of sp³-hybridized carbons (Fsp3) is 0.600. The number of benzene rings is 1. The molecule has 4 amide bonds. The molecule has 12 nitrogen and oxygen atoms in total. The first kappa shape index (κ1) is 35.4. The highest BCUT2D eigenvalue weighted by Crippen LogP contribution is 2.49. The number of para-hydroxylation sites is 1. The predicted molar refractivity (Wildman–Crippen MR) is 151 cm³/mol. The van der Waals surface area contributed by atoms with Crippen LogP contribution >= 0.6 is 0 Å². The Bertz CT molecular complexity index is 1480. The lowest BCUT2D eigenvalue weighted by molar-refractivity contribution is -0.270. The Labute approximate surface area is 266 Å². The van der Waals surface area contributed by atoms with E-state index >= 15 is 0 Å². The van der Waals surface area contributed by atoms with Gasteiger partial charge in [-0.1, -0.05) is 31.0 Å². The molecule has 0 bridgehead atoms. The van der Waals surface area contributed by atoms with E-state index in [4.69, 9.17) is 9.47 Å². The number of ether oxygens (including phenoxy) is 2. The van der Waals surface area contributed by atoms with E-state index in [1.807, 2.05) is 6.07 Å². The summed E-state index contributed by atoms with van der Waals surface area (Å²) in [6.45, 7) is 3.34. The van der Waals surface area contributed by atoms with Gasteiger partial charge in [-0.2, -0.15) is 27.2 Å². The third kappa shape index (κ3) is 6.82. The minimum Gasteiger partial charge on any atom is -0.432 e. The van der Waals surface area contributed by atoms with Crippen LogP contribution in [-0.2, 0) is 34.1 Å². The van der Waals surface area contributed by atoms with Crippen molar-refractivity contribution in [1.29, 1.82) is 5.26 Å². The third-order valence-corrected chi connectivity index (χ3v) is 8.51. The minimum atomic E-state index is -6.19. The zero-order valence-electron chi connectivity index (χ0n) is 26.0. The van der Waals surface area contributed by atoms with Crippen molar-refractivity contribution in [2.45, 2.75) is 88.2 Å². The fourth-order valence-corrected chi connectivity index (χ4v) is 5.89. The average Bonchev–Trinajstić information content (AvgIpc) is 3.69. The Kier molecular flexibility index (Phi) is 9.75. The number of rotatable bonds is 10. The molecule has 0 unspecified atom stereocenters. The first-order valence-electron chi connectivity index (χ1n) is 14.8. The number of nitrogens with one attached hydrogen (secondary N) is 1. The number of carbonyl (C=O) groups is 5. The number of anilines is 1. The summed E-state index contributed by atoms with van der Waals surface area (Å²) in [7, 11) is 1.15. The fourth-order valence-electron chi connectivity index (χ4n) is 5.89. The molecule has 17 heteroatoms. The van der Waals surface area contributed by atoms with Crippen LogP contribution in [0.4, 0.5) is 32.4 Å². The number of hydrogen-bond donors (Lipinski definition) is 1. The van der Waals surface area contributed by atoms with E-state index in [1.54, 1.807) is 38.1 Å². The third-order valence-electron chi connectivity index (χ3n) is 8.51. The van der Waals surface area contributed by atoms with Crippen LogP contribution in [0.2, 0.25) is 0 Å². The van der Waals surface area contributed by atoms with E-state index in [0.29, 0.717) is 24.1 Å². The molecule has 2 heterocycles. The summed E-state index contributed by atoms with van der Waals surface area (Å²) in [6, 6.07) is 4.31. The summed E-state index contributed by atoms with van der Waals surface area (Å²) in [5, 5.41) is 11.5. The van der Waals surface area contributed by atoms with E-state index in [1.165, 1.54) is 10.2 Å². The number of fused-ring (bicyclic) bond motifs is 2. The Morgan fingerprint density at radius 3 is 2.34 bits per heavy atom. The molecule has 2 aliphatic heterocycles. The highest BCUT2D eigenvalue weighted by Gasteiger charge is 2.64. The van der Waals surface area contributed by atoms with E-state index in [2.05, 4.69) is 0 Å². The van der Waals surface area contributed by atoms with E-state index in [0.717, 1.165) is 23.8 Å². The van der Waals surface area contributed by atoms with Crippen LogP contribution in [0.25, 0.3) is 0 Å². The van der Waals surface area contributed by atoms with Gasteiger partial charge in [0.25, 0.3) is 0 Å². The van der Waals surface area contributed by atoms with Crippen molar-refractivity contribution in [2.24, 2.45) is 5.92 Å². The Hall–Kier alpha value is -4.49. The Balaban J connectivity index is 1.57. The molecule has 1 aromatic rings. The number of nitrogens with zero attached hydrogens (tertiary/aromatic N) is 4. The zero-order valence-corrected chi connectivity index (χ0v) is 26.0. The van der Waals surface area contributed by atoms with Crippen molar-refractivity contribution in [1.82, 2.24) is 15.1 Å². The molecule has 1 aliphatic carbocycles. The first-order valence-corrected chi connectivity index (χ1v) is 14.8. The molecule has 47 heavy (non-hydrogen) atoms. The summed E-state index contributed by atoms with van der Waals surface area (Å²) in [5.74, 6) is -10.9. The Morgan fingerprint density at radius 1 is 1.13 bits per heavy atom. The smallest absolute Gasteiger partial charge is 0.432 e. The monoisotopic (exact) mass is 671 g/mol. The van der Waals surface area contributed by atoms with Gasteiger partial charge in [0.05, 0.1) is 23.3 Å². The molecule has 256 valence electrons. The summed E-state index contributed by atoms with van der Waals surface area (Å²) in [4.78, 5) is 68.3. The van der Waals surface area contributed by atoms with Gasteiger partial charge in [-0.3, -0.25) is 24.1 Å². The molecule has 4 atom stereocenters. The van der Waals surface area contributed by atoms with Crippen LogP contribution in [0.15, 0.2) is 24.3 Å². The van der Waals surface area contributed by atoms with Crippen molar-refractivity contribution in [3.8, 4) is 6.07 Å². The average molecular weight is 672 g/mol.